The molecule has 2 heterocycles. The molecule has 3 nitrogen and oxygen atoms in total. The van der Waals surface area contributed by atoms with Crippen LogP contribution in [0.5, 0.6) is 11.5 Å². The normalized spacial score (nSPS) is 24.5. The highest BCUT2D eigenvalue weighted by Crippen LogP contribution is 2.47. The number of hydrogen-bond acceptors (Lipinski definition) is 3. The first kappa shape index (κ1) is 27.3. The molecular formula is C30H50O3Si. The van der Waals surface area contributed by atoms with Crippen molar-refractivity contribution in [3.8, 4) is 11.5 Å². The summed E-state index contributed by atoms with van der Waals surface area (Å²) in [6.45, 7) is 27.2. The molecule has 0 bridgehead atoms. The molecule has 1 fully saturated rings. The molecule has 2 aliphatic rings. The molecule has 34 heavy (non-hydrogen) atoms. The van der Waals surface area contributed by atoms with Crippen molar-refractivity contribution in [2.45, 2.75) is 143 Å². The minimum Gasteiger partial charge on any atom is -0.543 e. The van der Waals surface area contributed by atoms with E-state index in [0.29, 0.717) is 6.10 Å². The van der Waals surface area contributed by atoms with Crippen molar-refractivity contribution in [3.63, 3.8) is 0 Å². The average molecular weight is 487 g/mol. The molecule has 3 rings (SSSR count). The van der Waals surface area contributed by atoms with E-state index in [-0.39, 0.29) is 16.2 Å². The van der Waals surface area contributed by atoms with Crippen LogP contribution in [0.4, 0.5) is 0 Å². The summed E-state index contributed by atoms with van der Waals surface area (Å²) in [4.78, 5) is 0. The first-order valence-electron chi connectivity index (χ1n) is 13.3. The first-order chi connectivity index (χ1) is 15.5. The van der Waals surface area contributed by atoms with Gasteiger partial charge < -0.3 is 13.9 Å². The van der Waals surface area contributed by atoms with Gasteiger partial charge in [0.25, 0.3) is 8.32 Å². The van der Waals surface area contributed by atoms with Crippen molar-refractivity contribution in [1.82, 2.24) is 0 Å². The van der Waals surface area contributed by atoms with Gasteiger partial charge in [0.1, 0.15) is 17.1 Å². The first-order valence-corrected chi connectivity index (χ1v) is 16.2. The minimum atomic E-state index is -1.91. The predicted molar refractivity (Wildman–Crippen MR) is 147 cm³/mol. The van der Waals surface area contributed by atoms with Crippen molar-refractivity contribution in [3.05, 3.63) is 33.9 Å². The summed E-state index contributed by atoms with van der Waals surface area (Å²) in [6, 6.07) is 0. The predicted octanol–water partition coefficient (Wildman–Crippen LogP) is 8.76. The highest BCUT2D eigenvalue weighted by Gasteiger charge is 2.46. The molecule has 0 saturated carbocycles. The second-order valence-electron chi connectivity index (χ2n) is 13.3. The third kappa shape index (κ3) is 5.75. The summed E-state index contributed by atoms with van der Waals surface area (Å²) in [5.41, 5.74) is 6.59. The quantitative estimate of drug-likeness (QED) is 0.209. The van der Waals surface area contributed by atoms with E-state index >= 15 is 0 Å². The molecule has 0 spiro atoms. The number of rotatable bonds is 8. The van der Waals surface area contributed by atoms with Crippen molar-refractivity contribution in [2.24, 2.45) is 0 Å². The van der Waals surface area contributed by atoms with E-state index in [9.17, 15) is 0 Å². The molecule has 4 heteroatoms. The smallest absolute Gasteiger partial charge is 0.250 e. The maximum absolute atomic E-state index is 6.84. The van der Waals surface area contributed by atoms with Gasteiger partial charge in [-0.15, -0.1) is 0 Å². The molecule has 0 N–H and O–H groups in total. The van der Waals surface area contributed by atoms with Gasteiger partial charge in [0, 0.05) is 5.56 Å². The van der Waals surface area contributed by atoms with Gasteiger partial charge in [0.15, 0.2) is 0 Å². The maximum atomic E-state index is 6.84. The third-order valence-corrected chi connectivity index (χ3v) is 13.2. The Labute approximate surface area is 210 Å². The monoisotopic (exact) mass is 486 g/mol. The lowest BCUT2D eigenvalue weighted by molar-refractivity contribution is 0.0559. The Hall–Kier alpha value is -1.26. The Balaban J connectivity index is 1.70. The zero-order valence-electron chi connectivity index (χ0n) is 24.1. The Morgan fingerprint density at radius 1 is 1.09 bits per heavy atom. The molecule has 0 aliphatic carbocycles. The van der Waals surface area contributed by atoms with Crippen molar-refractivity contribution < 1.29 is 13.9 Å². The molecule has 1 unspecified atom stereocenters. The van der Waals surface area contributed by atoms with E-state index in [1.807, 2.05) is 0 Å². The maximum Gasteiger partial charge on any atom is 0.250 e. The Morgan fingerprint density at radius 3 is 2.26 bits per heavy atom. The van der Waals surface area contributed by atoms with Crippen LogP contribution in [0.1, 0.15) is 103 Å². The Morgan fingerprint density at radius 2 is 1.71 bits per heavy atom. The molecule has 1 aromatic carbocycles. The van der Waals surface area contributed by atoms with E-state index in [0.717, 1.165) is 50.0 Å². The lowest BCUT2D eigenvalue weighted by Crippen LogP contribution is -2.44. The van der Waals surface area contributed by atoms with Gasteiger partial charge in [0.05, 0.1) is 11.7 Å². The average Bonchev–Trinajstić information content (AvgIpc) is 3.33. The van der Waals surface area contributed by atoms with Crippen molar-refractivity contribution in [1.29, 1.82) is 0 Å². The zero-order chi connectivity index (χ0) is 25.7. The van der Waals surface area contributed by atoms with Gasteiger partial charge in [-0.25, -0.2) is 0 Å². The zero-order valence-corrected chi connectivity index (χ0v) is 25.1. The number of epoxide rings is 1. The van der Waals surface area contributed by atoms with Crippen LogP contribution >= 0.6 is 0 Å². The van der Waals surface area contributed by atoms with Crippen LogP contribution in [-0.2, 0) is 11.2 Å². The fourth-order valence-corrected chi connectivity index (χ4v) is 5.97. The topological polar surface area (TPSA) is 31.0 Å². The SMILES string of the molecule is C/C(=C\CC[C@]1(C)CCc2c(C)c(O[Si](C)(C)C(C)(C)C)c(C)c(C)c2O1)CCC1OC1(C)C. The van der Waals surface area contributed by atoms with Gasteiger partial charge in [-0.2, -0.15) is 0 Å². The summed E-state index contributed by atoms with van der Waals surface area (Å²) >= 11 is 0. The summed E-state index contributed by atoms with van der Waals surface area (Å²) in [5.74, 6) is 2.22. The third-order valence-electron chi connectivity index (χ3n) is 8.86. The standard InChI is InChI=1S/C30H50O3Si/c1-20(15-16-25-29(8,9)31-25)14-13-18-30(10)19-17-24-23(4)26(21(2)22(3)27(24)32-30)33-34(11,12)28(5,6)7/h14,25H,13,15-19H2,1-12H3/b20-14+/t25?,30-/m1/s1. The van der Waals surface area contributed by atoms with Crippen LogP contribution in [0.3, 0.4) is 0 Å². The number of benzene rings is 1. The van der Waals surface area contributed by atoms with E-state index in [1.165, 1.54) is 27.8 Å². The second kappa shape index (κ2) is 9.31. The van der Waals surface area contributed by atoms with E-state index in [4.69, 9.17) is 13.9 Å². The fourth-order valence-electron chi connectivity index (χ4n) is 4.84. The molecule has 192 valence electrons. The van der Waals surface area contributed by atoms with Gasteiger partial charge in [0.2, 0.25) is 0 Å². The Bertz CT molecular complexity index is 951. The minimum absolute atomic E-state index is 0.0980. The summed E-state index contributed by atoms with van der Waals surface area (Å²) < 4.78 is 19.4. The van der Waals surface area contributed by atoms with Crippen LogP contribution in [-0.4, -0.2) is 25.6 Å². The lowest BCUT2D eigenvalue weighted by atomic mass is 9.85. The summed E-state index contributed by atoms with van der Waals surface area (Å²) in [7, 11) is -1.91. The van der Waals surface area contributed by atoms with Gasteiger partial charge in [-0.1, -0.05) is 32.4 Å². The highest BCUT2D eigenvalue weighted by molar-refractivity contribution is 6.74. The highest BCUT2D eigenvalue weighted by atomic mass is 28.4. The van der Waals surface area contributed by atoms with E-state index < -0.39 is 8.32 Å². The molecule has 0 radical (unpaired) electrons. The molecule has 1 saturated heterocycles. The van der Waals surface area contributed by atoms with Crippen LogP contribution in [0.25, 0.3) is 0 Å². The number of ether oxygens (including phenoxy) is 2. The molecule has 2 atom stereocenters. The van der Waals surface area contributed by atoms with Crippen LogP contribution in [0.2, 0.25) is 18.1 Å². The van der Waals surface area contributed by atoms with Gasteiger partial charge >= 0.3 is 0 Å². The Kier molecular flexibility index (Phi) is 7.49. The number of allylic oxidation sites excluding steroid dienone is 2. The van der Waals surface area contributed by atoms with E-state index in [2.05, 4.69) is 88.4 Å². The fraction of sp³-hybridized carbons (Fsp3) is 0.733. The molecule has 0 aromatic heterocycles. The summed E-state index contributed by atoms with van der Waals surface area (Å²) in [5, 5.41) is 0.179. The van der Waals surface area contributed by atoms with Gasteiger partial charge in [-0.3, -0.25) is 0 Å². The summed E-state index contributed by atoms with van der Waals surface area (Å²) in [6.07, 6.45) is 9.34. The van der Waals surface area contributed by atoms with Crippen LogP contribution < -0.4 is 9.16 Å². The van der Waals surface area contributed by atoms with Crippen molar-refractivity contribution in [2.75, 3.05) is 0 Å². The largest absolute Gasteiger partial charge is 0.543 e. The second-order valence-corrected chi connectivity index (χ2v) is 18.0. The van der Waals surface area contributed by atoms with Crippen LogP contribution in [0, 0.1) is 20.8 Å². The van der Waals surface area contributed by atoms with Crippen molar-refractivity contribution >= 4 is 8.32 Å². The molecule has 1 aromatic rings. The van der Waals surface area contributed by atoms with E-state index in [1.54, 1.807) is 0 Å². The number of fused-ring (bicyclic) bond motifs is 1. The lowest BCUT2D eigenvalue weighted by Gasteiger charge is -2.41. The molecule has 0 amide bonds. The van der Waals surface area contributed by atoms with Gasteiger partial charge in [-0.05, 0) is 122 Å². The van der Waals surface area contributed by atoms with Crippen LogP contribution in [0.15, 0.2) is 11.6 Å². The molecular weight excluding hydrogens is 436 g/mol. The molecule has 2 aliphatic heterocycles. The number of hydrogen-bond donors (Lipinski definition) is 0.